The van der Waals surface area contributed by atoms with Crippen LogP contribution in [0.1, 0.15) is 27.7 Å². The summed E-state index contributed by atoms with van der Waals surface area (Å²) in [5, 5.41) is 0.433. The van der Waals surface area contributed by atoms with Gasteiger partial charge in [-0.2, -0.15) is 0 Å². The van der Waals surface area contributed by atoms with Crippen molar-refractivity contribution in [2.24, 2.45) is 0 Å². The molecule has 216 valence electrons. The maximum atomic E-state index is 13.0. The average Bonchev–Trinajstić information content (AvgIpc) is 2.91. The minimum Gasteiger partial charge on any atom is -0.463 e. The molecule has 0 aliphatic carbocycles. The average molecular weight is 569 g/mol. The van der Waals surface area contributed by atoms with Crippen molar-refractivity contribution in [2.75, 3.05) is 6.61 Å². The zero-order chi connectivity index (χ0) is 29.7. The van der Waals surface area contributed by atoms with E-state index in [9.17, 15) is 24.0 Å². The van der Waals surface area contributed by atoms with Gasteiger partial charge in [0.15, 0.2) is 17.6 Å². The molecule has 3 aromatic rings. The number of ether oxygens (including phenoxy) is 6. The third-order valence-corrected chi connectivity index (χ3v) is 6.05. The Hall–Kier alpha value is -4.71. The van der Waals surface area contributed by atoms with Crippen LogP contribution in [0.4, 0.5) is 0 Å². The fraction of sp³-hybridized carbons (Fsp3) is 0.345. The standard InChI is InChI=1S/C29H28O12/c1-15(30)35-14-24-26(37-16(2)31)27(38-17(3)32)28(39-18(4)33)29(41-24)40-20-11-9-19(10-12-20)22-13-36-23-8-6-5-7-21(23)25(22)34/h5-13,24,26-29H,14H2,1-4H3/t24-,26-,27+,28-,29-/m1/s1. The number of hydrogen-bond acceptors (Lipinski definition) is 12. The molecule has 41 heavy (non-hydrogen) atoms. The number of rotatable bonds is 8. The number of carbonyl (C=O) groups excluding carboxylic acids is 4. The van der Waals surface area contributed by atoms with Crippen LogP contribution in [-0.4, -0.2) is 61.2 Å². The second-order valence-corrected chi connectivity index (χ2v) is 9.18. The molecule has 1 aromatic heterocycles. The zero-order valence-corrected chi connectivity index (χ0v) is 22.7. The topological polar surface area (TPSA) is 154 Å². The molecular formula is C29H28O12. The predicted molar refractivity (Wildman–Crippen MR) is 141 cm³/mol. The first kappa shape index (κ1) is 29.3. The highest BCUT2D eigenvalue weighted by atomic mass is 16.7. The highest BCUT2D eigenvalue weighted by Crippen LogP contribution is 2.31. The Kier molecular flexibility index (Phi) is 9.03. The maximum absolute atomic E-state index is 13.0. The second kappa shape index (κ2) is 12.6. The molecule has 2 aromatic carbocycles. The van der Waals surface area contributed by atoms with E-state index in [0.717, 1.165) is 20.8 Å². The summed E-state index contributed by atoms with van der Waals surface area (Å²) in [6, 6.07) is 13.2. The third-order valence-electron chi connectivity index (χ3n) is 6.05. The van der Waals surface area contributed by atoms with Gasteiger partial charge >= 0.3 is 23.9 Å². The first-order chi connectivity index (χ1) is 19.5. The Morgan fingerprint density at radius 3 is 2.00 bits per heavy atom. The molecule has 1 fully saturated rings. The predicted octanol–water partition coefficient (Wildman–Crippen LogP) is 2.92. The van der Waals surface area contributed by atoms with Crippen LogP contribution >= 0.6 is 0 Å². The Balaban J connectivity index is 1.65. The Bertz CT molecular complexity index is 1490. The van der Waals surface area contributed by atoms with Crippen LogP contribution in [0.3, 0.4) is 0 Å². The van der Waals surface area contributed by atoms with Gasteiger partial charge in [-0.3, -0.25) is 24.0 Å². The van der Waals surface area contributed by atoms with Crippen molar-refractivity contribution < 1.29 is 52.0 Å². The maximum Gasteiger partial charge on any atom is 0.303 e. The van der Waals surface area contributed by atoms with Crippen LogP contribution in [0.5, 0.6) is 5.75 Å². The molecule has 0 spiro atoms. The molecular weight excluding hydrogens is 540 g/mol. The van der Waals surface area contributed by atoms with Gasteiger partial charge < -0.3 is 32.8 Å². The van der Waals surface area contributed by atoms with Crippen molar-refractivity contribution in [3.05, 3.63) is 65.0 Å². The van der Waals surface area contributed by atoms with Gasteiger partial charge in [0.1, 0.15) is 30.3 Å². The SMILES string of the molecule is CC(=O)OC[C@H]1O[C@@H](Oc2ccc(-c3coc4ccccc4c3=O)cc2)[C@H](OC(C)=O)[C@@H](OC(C)=O)[C@@H]1OC(C)=O. The highest BCUT2D eigenvalue weighted by Gasteiger charge is 2.53. The summed E-state index contributed by atoms with van der Waals surface area (Å²) in [6.45, 7) is 4.20. The van der Waals surface area contributed by atoms with Gasteiger partial charge in [0.25, 0.3) is 0 Å². The van der Waals surface area contributed by atoms with E-state index < -0.39 is 54.6 Å². The van der Waals surface area contributed by atoms with Gasteiger partial charge in [-0.25, -0.2) is 0 Å². The van der Waals surface area contributed by atoms with E-state index in [1.807, 2.05) is 0 Å². The van der Waals surface area contributed by atoms with E-state index in [1.54, 1.807) is 48.5 Å². The number of benzene rings is 2. The largest absolute Gasteiger partial charge is 0.463 e. The van der Waals surface area contributed by atoms with Crippen LogP contribution in [0, 0.1) is 0 Å². The van der Waals surface area contributed by atoms with Crippen molar-refractivity contribution in [3.63, 3.8) is 0 Å². The van der Waals surface area contributed by atoms with Gasteiger partial charge in [-0.1, -0.05) is 24.3 Å². The summed E-state index contributed by atoms with van der Waals surface area (Å²) in [5.74, 6) is -2.64. The first-order valence-electron chi connectivity index (χ1n) is 12.6. The van der Waals surface area contributed by atoms with Gasteiger partial charge in [-0.05, 0) is 29.8 Å². The molecule has 0 saturated carbocycles. The van der Waals surface area contributed by atoms with Crippen molar-refractivity contribution in [1.29, 1.82) is 0 Å². The van der Waals surface area contributed by atoms with Gasteiger partial charge in [0, 0.05) is 27.7 Å². The van der Waals surface area contributed by atoms with Crippen LogP contribution < -0.4 is 10.2 Å². The number of para-hydroxylation sites is 1. The summed E-state index contributed by atoms with van der Waals surface area (Å²) in [4.78, 5) is 60.4. The van der Waals surface area contributed by atoms with E-state index in [1.165, 1.54) is 13.2 Å². The van der Waals surface area contributed by atoms with Crippen molar-refractivity contribution in [2.45, 2.75) is 58.4 Å². The first-order valence-corrected chi connectivity index (χ1v) is 12.6. The summed E-state index contributed by atoms with van der Waals surface area (Å²) < 4.78 is 38.8. The third kappa shape index (κ3) is 7.09. The van der Waals surface area contributed by atoms with Crippen LogP contribution in [0.2, 0.25) is 0 Å². The second-order valence-electron chi connectivity index (χ2n) is 9.18. The molecule has 4 rings (SSSR count). The number of fused-ring (bicyclic) bond motifs is 1. The lowest BCUT2D eigenvalue weighted by Gasteiger charge is -2.43. The fourth-order valence-corrected chi connectivity index (χ4v) is 4.41. The molecule has 0 bridgehead atoms. The Morgan fingerprint density at radius 1 is 0.756 bits per heavy atom. The van der Waals surface area contributed by atoms with Gasteiger partial charge in [-0.15, -0.1) is 0 Å². The zero-order valence-electron chi connectivity index (χ0n) is 22.7. The van der Waals surface area contributed by atoms with Crippen LogP contribution in [-0.2, 0) is 42.9 Å². The van der Waals surface area contributed by atoms with E-state index in [-0.39, 0.29) is 17.8 Å². The van der Waals surface area contributed by atoms with Crippen molar-refractivity contribution in [3.8, 4) is 16.9 Å². The van der Waals surface area contributed by atoms with Crippen LogP contribution in [0.15, 0.2) is 64.0 Å². The number of hydrogen-bond donors (Lipinski definition) is 0. The van der Waals surface area contributed by atoms with E-state index in [0.29, 0.717) is 22.1 Å². The van der Waals surface area contributed by atoms with Gasteiger partial charge in [0.2, 0.25) is 12.4 Å². The molecule has 0 N–H and O–H groups in total. The molecule has 1 aliphatic rings. The molecule has 1 saturated heterocycles. The molecule has 12 nitrogen and oxygen atoms in total. The molecule has 0 radical (unpaired) electrons. The van der Waals surface area contributed by atoms with E-state index >= 15 is 0 Å². The quantitative estimate of drug-likeness (QED) is 0.290. The Labute approximate surface area is 234 Å². The fourth-order valence-electron chi connectivity index (χ4n) is 4.41. The molecule has 0 unspecified atom stereocenters. The lowest BCUT2D eigenvalue weighted by Crippen LogP contribution is -2.63. The molecule has 1 aliphatic heterocycles. The van der Waals surface area contributed by atoms with Crippen LogP contribution in [0.25, 0.3) is 22.1 Å². The lowest BCUT2D eigenvalue weighted by atomic mass is 9.98. The molecule has 12 heteroatoms. The molecule has 5 atom stereocenters. The lowest BCUT2D eigenvalue weighted by molar-refractivity contribution is -0.288. The monoisotopic (exact) mass is 568 g/mol. The normalized spacial score (nSPS) is 21.9. The van der Waals surface area contributed by atoms with E-state index in [4.69, 9.17) is 32.8 Å². The van der Waals surface area contributed by atoms with Crippen molar-refractivity contribution in [1.82, 2.24) is 0 Å². The summed E-state index contributed by atoms with van der Waals surface area (Å²) in [5.41, 5.74) is 1.14. The summed E-state index contributed by atoms with van der Waals surface area (Å²) in [7, 11) is 0. The molecule has 2 heterocycles. The molecule has 0 amide bonds. The van der Waals surface area contributed by atoms with Crippen molar-refractivity contribution >= 4 is 34.8 Å². The Morgan fingerprint density at radius 2 is 1.37 bits per heavy atom. The minimum atomic E-state index is -1.38. The summed E-state index contributed by atoms with van der Waals surface area (Å²) in [6.07, 6.45) is -5.19. The minimum absolute atomic E-state index is 0.208. The van der Waals surface area contributed by atoms with E-state index in [2.05, 4.69) is 0 Å². The number of carbonyl (C=O) groups is 4. The smallest absolute Gasteiger partial charge is 0.303 e. The van der Waals surface area contributed by atoms with Gasteiger partial charge in [0.05, 0.1) is 10.9 Å². The highest BCUT2D eigenvalue weighted by molar-refractivity contribution is 5.81. The summed E-state index contributed by atoms with van der Waals surface area (Å²) >= 11 is 0. The number of esters is 4.